The van der Waals surface area contributed by atoms with Crippen molar-refractivity contribution in [2.75, 3.05) is 39.3 Å². The third-order valence-corrected chi connectivity index (χ3v) is 5.24. The highest BCUT2D eigenvalue weighted by molar-refractivity contribution is 5.34. The Morgan fingerprint density at radius 3 is 2.63 bits per heavy atom. The molecule has 2 aromatic carbocycles. The molecule has 4 nitrogen and oxygen atoms in total. The maximum absolute atomic E-state index is 8.85. The quantitative estimate of drug-likeness (QED) is 0.680. The predicted octanol–water partition coefficient (Wildman–Crippen LogP) is 3.78. The number of rotatable bonds is 9. The van der Waals surface area contributed by atoms with Crippen molar-refractivity contribution in [3.8, 4) is 11.8 Å². The van der Waals surface area contributed by atoms with E-state index in [1.807, 2.05) is 12.1 Å². The molecule has 1 aliphatic heterocycles. The molecule has 0 N–H and O–H groups in total. The van der Waals surface area contributed by atoms with Gasteiger partial charge in [-0.3, -0.25) is 9.80 Å². The van der Waals surface area contributed by atoms with Crippen LogP contribution in [0.3, 0.4) is 0 Å². The number of likely N-dealkylation sites (N-methyl/N-ethyl adjacent to an activating group) is 1. The van der Waals surface area contributed by atoms with E-state index in [1.165, 1.54) is 25.1 Å². The fourth-order valence-corrected chi connectivity index (χ4v) is 3.71. The molecule has 0 aliphatic carbocycles. The highest BCUT2D eigenvalue weighted by Gasteiger charge is 2.24. The molecule has 0 saturated carbocycles. The molecule has 1 heterocycles. The van der Waals surface area contributed by atoms with E-state index in [4.69, 9.17) is 10.00 Å². The summed E-state index contributed by atoms with van der Waals surface area (Å²) in [7, 11) is 0. The molecule has 4 heteroatoms. The van der Waals surface area contributed by atoms with Crippen LogP contribution < -0.4 is 4.74 Å². The summed E-state index contributed by atoms with van der Waals surface area (Å²) in [5.74, 6) is 1.57. The van der Waals surface area contributed by atoms with Crippen LogP contribution in [0.4, 0.5) is 0 Å². The molecule has 0 aromatic heterocycles. The first-order valence-corrected chi connectivity index (χ1v) is 9.88. The number of nitriles is 1. The third-order valence-electron chi connectivity index (χ3n) is 5.24. The summed E-state index contributed by atoms with van der Waals surface area (Å²) in [5, 5.41) is 8.85. The van der Waals surface area contributed by atoms with Crippen molar-refractivity contribution in [2.24, 2.45) is 5.92 Å². The molecule has 0 radical (unpaired) electrons. The summed E-state index contributed by atoms with van der Waals surface area (Å²) in [6.45, 7) is 9.46. The molecule has 27 heavy (non-hydrogen) atoms. The van der Waals surface area contributed by atoms with Crippen LogP contribution in [0.2, 0.25) is 0 Å². The van der Waals surface area contributed by atoms with Crippen LogP contribution in [0.15, 0.2) is 54.6 Å². The number of hydrogen-bond acceptors (Lipinski definition) is 4. The first kappa shape index (κ1) is 19.4. The minimum Gasteiger partial charge on any atom is -0.492 e. The fourth-order valence-electron chi connectivity index (χ4n) is 3.71. The van der Waals surface area contributed by atoms with E-state index in [2.05, 4.69) is 53.1 Å². The molecule has 1 atom stereocenters. The smallest absolute Gasteiger partial charge is 0.119 e. The van der Waals surface area contributed by atoms with Gasteiger partial charge in [-0.05, 0) is 55.3 Å². The molecule has 142 valence electrons. The first-order chi connectivity index (χ1) is 13.3. The van der Waals surface area contributed by atoms with Crippen LogP contribution in [0.5, 0.6) is 5.75 Å². The molecule has 2 aromatic rings. The normalized spacial score (nSPS) is 17.1. The van der Waals surface area contributed by atoms with E-state index in [-0.39, 0.29) is 0 Å². The highest BCUT2D eigenvalue weighted by atomic mass is 16.5. The fraction of sp³-hybridized carbons (Fsp3) is 0.435. The van der Waals surface area contributed by atoms with Gasteiger partial charge in [0.2, 0.25) is 0 Å². The van der Waals surface area contributed by atoms with Gasteiger partial charge in [0.25, 0.3) is 0 Å². The molecule has 0 bridgehead atoms. The van der Waals surface area contributed by atoms with Crippen molar-refractivity contribution >= 4 is 0 Å². The topological polar surface area (TPSA) is 39.5 Å². The second-order valence-corrected chi connectivity index (χ2v) is 7.25. The molecule has 1 fully saturated rings. The van der Waals surface area contributed by atoms with Crippen LogP contribution in [-0.4, -0.2) is 49.1 Å². The monoisotopic (exact) mass is 363 g/mol. The van der Waals surface area contributed by atoms with Gasteiger partial charge in [-0.2, -0.15) is 5.26 Å². The Kier molecular flexibility index (Phi) is 7.27. The standard InChI is InChI=1S/C23H29N3O/c1-2-25(14-15-27-23-10-8-20(16-24)9-11-23)18-22-12-13-26(19-22)17-21-6-4-3-5-7-21/h3-11,22H,2,12-15,17-19H2,1H3. The van der Waals surface area contributed by atoms with Gasteiger partial charge in [-0.15, -0.1) is 0 Å². The van der Waals surface area contributed by atoms with Crippen molar-refractivity contribution in [3.63, 3.8) is 0 Å². The zero-order valence-corrected chi connectivity index (χ0v) is 16.2. The number of benzene rings is 2. The number of hydrogen-bond donors (Lipinski definition) is 0. The van der Waals surface area contributed by atoms with Crippen molar-refractivity contribution in [2.45, 2.75) is 19.9 Å². The van der Waals surface area contributed by atoms with Crippen LogP contribution in [-0.2, 0) is 6.54 Å². The van der Waals surface area contributed by atoms with E-state index in [0.29, 0.717) is 12.2 Å². The minimum atomic E-state index is 0.666. The lowest BCUT2D eigenvalue weighted by atomic mass is 10.1. The molecule has 3 rings (SSSR count). The summed E-state index contributed by atoms with van der Waals surface area (Å²) in [6, 6.07) is 20.2. The minimum absolute atomic E-state index is 0.666. The van der Waals surface area contributed by atoms with Crippen LogP contribution in [0.25, 0.3) is 0 Å². The van der Waals surface area contributed by atoms with Crippen LogP contribution >= 0.6 is 0 Å². The van der Waals surface area contributed by atoms with E-state index >= 15 is 0 Å². The molecule has 1 unspecified atom stereocenters. The maximum atomic E-state index is 8.85. The van der Waals surface area contributed by atoms with Gasteiger partial charge >= 0.3 is 0 Å². The summed E-state index contributed by atoms with van der Waals surface area (Å²) < 4.78 is 5.84. The zero-order valence-electron chi connectivity index (χ0n) is 16.2. The molecule has 1 aliphatic rings. The highest BCUT2D eigenvalue weighted by Crippen LogP contribution is 2.20. The average Bonchev–Trinajstić information content (AvgIpc) is 3.15. The van der Waals surface area contributed by atoms with Crippen LogP contribution in [0.1, 0.15) is 24.5 Å². The summed E-state index contributed by atoms with van der Waals surface area (Å²) in [4.78, 5) is 5.06. The second kappa shape index (κ2) is 10.1. The van der Waals surface area contributed by atoms with Gasteiger partial charge in [-0.25, -0.2) is 0 Å². The van der Waals surface area contributed by atoms with Crippen molar-refractivity contribution in [1.29, 1.82) is 5.26 Å². The Hall–Kier alpha value is -2.35. The Morgan fingerprint density at radius 1 is 1.15 bits per heavy atom. The average molecular weight is 364 g/mol. The van der Waals surface area contributed by atoms with E-state index in [0.717, 1.165) is 37.8 Å². The largest absolute Gasteiger partial charge is 0.492 e. The summed E-state index contributed by atoms with van der Waals surface area (Å²) in [5.41, 5.74) is 2.07. The van der Waals surface area contributed by atoms with Gasteiger partial charge in [0.05, 0.1) is 11.6 Å². The Bertz CT molecular complexity index is 724. The van der Waals surface area contributed by atoms with Gasteiger partial charge < -0.3 is 4.74 Å². The SMILES string of the molecule is CCN(CCOc1ccc(C#N)cc1)CC1CCN(Cc2ccccc2)C1. The van der Waals surface area contributed by atoms with Crippen LogP contribution in [0, 0.1) is 17.2 Å². The number of ether oxygens (including phenoxy) is 1. The van der Waals surface area contributed by atoms with E-state index in [1.54, 1.807) is 12.1 Å². The predicted molar refractivity (Wildman–Crippen MR) is 109 cm³/mol. The molecule has 0 spiro atoms. The Morgan fingerprint density at radius 2 is 1.93 bits per heavy atom. The maximum Gasteiger partial charge on any atom is 0.119 e. The Balaban J connectivity index is 1.39. The van der Waals surface area contributed by atoms with E-state index < -0.39 is 0 Å². The lowest BCUT2D eigenvalue weighted by molar-refractivity contribution is 0.190. The second-order valence-electron chi connectivity index (χ2n) is 7.25. The summed E-state index contributed by atoms with van der Waals surface area (Å²) >= 11 is 0. The molecule has 1 saturated heterocycles. The van der Waals surface area contributed by atoms with Gasteiger partial charge in [0.15, 0.2) is 0 Å². The van der Waals surface area contributed by atoms with Gasteiger partial charge in [-0.1, -0.05) is 37.3 Å². The van der Waals surface area contributed by atoms with Gasteiger partial charge in [0.1, 0.15) is 12.4 Å². The first-order valence-electron chi connectivity index (χ1n) is 9.88. The lowest BCUT2D eigenvalue weighted by Crippen LogP contribution is -2.34. The lowest BCUT2D eigenvalue weighted by Gasteiger charge is -2.24. The zero-order chi connectivity index (χ0) is 18.9. The molecular weight excluding hydrogens is 334 g/mol. The van der Waals surface area contributed by atoms with Crippen molar-refractivity contribution in [3.05, 3.63) is 65.7 Å². The van der Waals surface area contributed by atoms with Gasteiger partial charge in [0, 0.05) is 26.2 Å². The van der Waals surface area contributed by atoms with Crippen molar-refractivity contribution in [1.82, 2.24) is 9.80 Å². The molecular formula is C23H29N3O. The molecule has 0 amide bonds. The Labute approximate surface area is 163 Å². The third kappa shape index (κ3) is 6.09. The van der Waals surface area contributed by atoms with Crippen molar-refractivity contribution < 1.29 is 4.74 Å². The van der Waals surface area contributed by atoms with E-state index in [9.17, 15) is 0 Å². The number of nitrogens with zero attached hydrogens (tertiary/aromatic N) is 3. The summed E-state index contributed by atoms with van der Waals surface area (Å²) in [6.07, 6.45) is 1.28. The number of likely N-dealkylation sites (tertiary alicyclic amines) is 1.